The number of ether oxygens (including phenoxy) is 1. The Morgan fingerprint density at radius 1 is 1.37 bits per heavy atom. The molecular formula is C12H19ClN4O2. The first-order chi connectivity index (χ1) is 9.17. The van der Waals surface area contributed by atoms with Gasteiger partial charge in [0.05, 0.1) is 6.61 Å². The van der Waals surface area contributed by atoms with Crippen molar-refractivity contribution in [1.29, 1.82) is 0 Å². The van der Waals surface area contributed by atoms with E-state index in [4.69, 9.17) is 16.3 Å². The van der Waals surface area contributed by atoms with Gasteiger partial charge in [-0.3, -0.25) is 4.79 Å². The largest absolute Gasteiger partial charge is 0.476 e. The standard InChI is InChI=1S/C12H19ClN4O2/c1-4-17(5-2)11-10(16-9(18)7-13)12(19-6-3)15-8-14-11/h8H,4-7H2,1-3H3,(H,16,18). The van der Waals surface area contributed by atoms with Crippen molar-refractivity contribution in [2.24, 2.45) is 0 Å². The highest BCUT2D eigenvalue weighted by molar-refractivity contribution is 6.29. The molecule has 1 rings (SSSR count). The van der Waals surface area contributed by atoms with Crippen LogP contribution in [0, 0.1) is 0 Å². The zero-order valence-electron chi connectivity index (χ0n) is 11.4. The third kappa shape index (κ3) is 3.96. The first-order valence-corrected chi connectivity index (χ1v) is 6.79. The average molecular weight is 287 g/mol. The van der Waals surface area contributed by atoms with Crippen molar-refractivity contribution in [3.05, 3.63) is 6.33 Å². The Labute approximate surface area is 118 Å². The lowest BCUT2D eigenvalue weighted by Gasteiger charge is -2.23. The molecule has 0 bridgehead atoms. The van der Waals surface area contributed by atoms with Gasteiger partial charge in [-0.2, -0.15) is 4.98 Å². The van der Waals surface area contributed by atoms with Crippen LogP contribution < -0.4 is 15.0 Å². The zero-order chi connectivity index (χ0) is 14.3. The van der Waals surface area contributed by atoms with E-state index in [0.29, 0.717) is 24.0 Å². The van der Waals surface area contributed by atoms with Crippen molar-refractivity contribution in [1.82, 2.24) is 9.97 Å². The lowest BCUT2D eigenvalue weighted by Crippen LogP contribution is -2.26. The van der Waals surface area contributed by atoms with Crippen LogP contribution in [0.3, 0.4) is 0 Å². The summed E-state index contributed by atoms with van der Waals surface area (Å²) in [7, 11) is 0. The molecule has 1 aromatic rings. The molecular weight excluding hydrogens is 268 g/mol. The highest BCUT2D eigenvalue weighted by Gasteiger charge is 2.18. The van der Waals surface area contributed by atoms with Crippen LogP contribution in [0.4, 0.5) is 11.5 Å². The Morgan fingerprint density at radius 3 is 2.58 bits per heavy atom. The first kappa shape index (κ1) is 15.5. The van der Waals surface area contributed by atoms with Crippen molar-refractivity contribution in [2.75, 3.05) is 35.8 Å². The van der Waals surface area contributed by atoms with E-state index in [9.17, 15) is 4.79 Å². The van der Waals surface area contributed by atoms with E-state index in [1.165, 1.54) is 6.33 Å². The van der Waals surface area contributed by atoms with E-state index in [0.717, 1.165) is 13.1 Å². The second-order valence-corrected chi connectivity index (χ2v) is 3.93. The van der Waals surface area contributed by atoms with Crippen LogP contribution in [0.2, 0.25) is 0 Å². The maximum Gasteiger partial charge on any atom is 0.243 e. The number of amides is 1. The molecule has 0 radical (unpaired) electrons. The molecule has 0 aliphatic heterocycles. The molecule has 0 aliphatic carbocycles. The number of anilines is 2. The number of halogens is 1. The molecule has 0 saturated carbocycles. The van der Waals surface area contributed by atoms with E-state index in [-0.39, 0.29) is 11.8 Å². The van der Waals surface area contributed by atoms with E-state index < -0.39 is 0 Å². The van der Waals surface area contributed by atoms with Gasteiger partial charge >= 0.3 is 0 Å². The van der Waals surface area contributed by atoms with Crippen molar-refractivity contribution in [3.8, 4) is 5.88 Å². The summed E-state index contributed by atoms with van der Waals surface area (Å²) >= 11 is 5.52. The van der Waals surface area contributed by atoms with Gasteiger partial charge < -0.3 is 15.0 Å². The second kappa shape index (κ2) is 7.78. The van der Waals surface area contributed by atoms with Crippen LogP contribution >= 0.6 is 11.6 Å². The number of aromatic nitrogens is 2. The molecule has 0 unspecified atom stereocenters. The predicted molar refractivity (Wildman–Crippen MR) is 76.1 cm³/mol. The van der Waals surface area contributed by atoms with Gasteiger partial charge in [-0.1, -0.05) is 0 Å². The Balaban J connectivity index is 3.20. The SMILES string of the molecule is CCOc1ncnc(N(CC)CC)c1NC(=O)CCl. The molecule has 0 fully saturated rings. The number of hydrogen-bond acceptors (Lipinski definition) is 5. The van der Waals surface area contributed by atoms with E-state index >= 15 is 0 Å². The molecule has 106 valence electrons. The molecule has 1 N–H and O–H groups in total. The van der Waals surface area contributed by atoms with Gasteiger partial charge in [-0.05, 0) is 20.8 Å². The first-order valence-electron chi connectivity index (χ1n) is 6.26. The van der Waals surface area contributed by atoms with Gasteiger partial charge in [0.2, 0.25) is 11.8 Å². The monoisotopic (exact) mass is 286 g/mol. The second-order valence-electron chi connectivity index (χ2n) is 3.66. The maximum absolute atomic E-state index is 11.5. The van der Waals surface area contributed by atoms with Gasteiger partial charge in [0.1, 0.15) is 17.9 Å². The summed E-state index contributed by atoms with van der Waals surface area (Å²) < 4.78 is 5.43. The highest BCUT2D eigenvalue weighted by Crippen LogP contribution is 2.31. The van der Waals surface area contributed by atoms with Gasteiger partial charge in [0.15, 0.2) is 5.82 Å². The van der Waals surface area contributed by atoms with Gasteiger partial charge in [-0.15, -0.1) is 11.6 Å². The van der Waals surface area contributed by atoms with Gasteiger partial charge in [-0.25, -0.2) is 4.98 Å². The average Bonchev–Trinajstić information content (AvgIpc) is 2.43. The molecule has 0 saturated heterocycles. The number of nitrogens with zero attached hydrogens (tertiary/aromatic N) is 3. The van der Waals surface area contributed by atoms with E-state index in [1.54, 1.807) is 0 Å². The van der Waals surface area contributed by atoms with Crippen LogP contribution in [0.15, 0.2) is 6.33 Å². The quantitative estimate of drug-likeness (QED) is 0.776. The zero-order valence-corrected chi connectivity index (χ0v) is 12.2. The number of carbonyl (C=O) groups excluding carboxylic acids is 1. The fourth-order valence-electron chi connectivity index (χ4n) is 1.65. The molecule has 0 aliphatic rings. The van der Waals surface area contributed by atoms with Gasteiger partial charge in [0.25, 0.3) is 0 Å². The molecule has 1 heterocycles. The number of rotatable bonds is 7. The van der Waals surface area contributed by atoms with Crippen molar-refractivity contribution >= 4 is 29.0 Å². The number of hydrogen-bond donors (Lipinski definition) is 1. The molecule has 1 aromatic heterocycles. The Hall–Kier alpha value is -1.56. The highest BCUT2D eigenvalue weighted by atomic mass is 35.5. The molecule has 6 nitrogen and oxygen atoms in total. The number of alkyl halides is 1. The normalized spacial score (nSPS) is 10.1. The number of nitrogens with one attached hydrogen (secondary N) is 1. The molecule has 7 heteroatoms. The Bertz CT molecular complexity index is 424. The van der Waals surface area contributed by atoms with Crippen molar-refractivity contribution in [3.63, 3.8) is 0 Å². The fourth-order valence-corrected chi connectivity index (χ4v) is 1.72. The predicted octanol–water partition coefficient (Wildman–Crippen LogP) is 1.90. The van der Waals surface area contributed by atoms with Gasteiger partial charge in [0, 0.05) is 13.1 Å². The summed E-state index contributed by atoms with van der Waals surface area (Å²) in [5.41, 5.74) is 0.471. The van der Waals surface area contributed by atoms with Crippen LogP contribution in [-0.4, -0.2) is 41.5 Å². The summed E-state index contributed by atoms with van der Waals surface area (Å²) in [4.78, 5) is 21.8. The molecule has 19 heavy (non-hydrogen) atoms. The summed E-state index contributed by atoms with van der Waals surface area (Å²) in [5.74, 6) is 0.559. The van der Waals surface area contributed by atoms with Crippen LogP contribution in [0.5, 0.6) is 5.88 Å². The minimum absolute atomic E-state index is 0.127. The molecule has 0 spiro atoms. The summed E-state index contributed by atoms with van der Waals surface area (Å²) in [5, 5.41) is 2.70. The maximum atomic E-state index is 11.5. The molecule has 0 aromatic carbocycles. The van der Waals surface area contributed by atoms with Crippen LogP contribution in [-0.2, 0) is 4.79 Å². The molecule has 0 atom stereocenters. The third-order valence-electron chi connectivity index (χ3n) is 2.52. The summed E-state index contributed by atoms with van der Waals surface area (Å²) in [6, 6.07) is 0. The molecule has 1 amide bonds. The Morgan fingerprint density at radius 2 is 2.05 bits per heavy atom. The van der Waals surface area contributed by atoms with Crippen molar-refractivity contribution in [2.45, 2.75) is 20.8 Å². The lowest BCUT2D eigenvalue weighted by molar-refractivity contribution is -0.113. The summed E-state index contributed by atoms with van der Waals surface area (Å²) in [6.07, 6.45) is 1.43. The Kier molecular flexibility index (Phi) is 6.35. The number of carbonyl (C=O) groups is 1. The fraction of sp³-hybridized carbons (Fsp3) is 0.583. The van der Waals surface area contributed by atoms with Crippen LogP contribution in [0.1, 0.15) is 20.8 Å². The van der Waals surface area contributed by atoms with Crippen LogP contribution in [0.25, 0.3) is 0 Å². The van der Waals surface area contributed by atoms with E-state index in [2.05, 4.69) is 15.3 Å². The van der Waals surface area contributed by atoms with Crippen molar-refractivity contribution < 1.29 is 9.53 Å². The topological polar surface area (TPSA) is 67.4 Å². The summed E-state index contributed by atoms with van der Waals surface area (Å²) in [6.45, 7) is 7.87. The smallest absolute Gasteiger partial charge is 0.243 e. The van der Waals surface area contributed by atoms with E-state index in [1.807, 2.05) is 25.7 Å². The lowest BCUT2D eigenvalue weighted by atomic mass is 10.3. The minimum Gasteiger partial charge on any atom is -0.476 e. The third-order valence-corrected chi connectivity index (χ3v) is 2.77. The minimum atomic E-state index is -0.314.